The second-order valence-corrected chi connectivity index (χ2v) is 10.6. The Bertz CT molecular complexity index is 1690. The first-order valence-corrected chi connectivity index (χ1v) is 13.5. The summed E-state index contributed by atoms with van der Waals surface area (Å²) in [5, 5.41) is 37.2. The number of methoxy groups -OCH3 is 4. The van der Waals surface area contributed by atoms with E-state index in [0.717, 1.165) is 11.1 Å². The molecule has 2 aliphatic heterocycles. The smallest absolute Gasteiger partial charge is 0.134 e. The summed E-state index contributed by atoms with van der Waals surface area (Å²) in [6.45, 7) is 4.09. The summed E-state index contributed by atoms with van der Waals surface area (Å²) in [5.41, 5.74) is 4.04. The lowest BCUT2D eigenvalue weighted by Gasteiger charge is -2.34. The van der Waals surface area contributed by atoms with Crippen LogP contribution in [-0.4, -0.2) is 56.0 Å². The van der Waals surface area contributed by atoms with Crippen LogP contribution >= 0.6 is 0 Å². The van der Waals surface area contributed by atoms with Crippen LogP contribution in [0.1, 0.15) is 42.2 Å². The standard InChI is InChI=1S/C32H34O9/c1-14-7-18-21(12-40-14)31(34)26-19(8-16(36-3)10-23(26)38-5)25(18)28-20-9-17(37-4)11-24(39-6)27(20)32(35)22-13-41-15(2)30(33)29(22)28/h8-11,14-15,30,33-35H,7,12-13H2,1-6H3/t14-,15+,30-/m1/s1. The molecule has 4 aromatic carbocycles. The Labute approximate surface area is 237 Å². The summed E-state index contributed by atoms with van der Waals surface area (Å²) >= 11 is 0. The molecule has 2 aliphatic rings. The Hall–Kier alpha value is -3.92. The van der Waals surface area contributed by atoms with Crippen molar-refractivity contribution in [3.63, 3.8) is 0 Å². The normalized spacial score (nSPS) is 20.0. The van der Waals surface area contributed by atoms with Gasteiger partial charge in [-0.25, -0.2) is 0 Å². The highest BCUT2D eigenvalue weighted by atomic mass is 16.5. The molecule has 0 aliphatic carbocycles. The summed E-state index contributed by atoms with van der Waals surface area (Å²) in [5.74, 6) is 1.97. The van der Waals surface area contributed by atoms with Crippen LogP contribution in [0, 0.1) is 0 Å². The van der Waals surface area contributed by atoms with Gasteiger partial charge in [-0.15, -0.1) is 0 Å². The number of hydrogen-bond acceptors (Lipinski definition) is 9. The number of aliphatic hydroxyl groups is 1. The molecule has 216 valence electrons. The molecule has 0 spiro atoms. The number of aromatic hydroxyl groups is 2. The highest BCUT2D eigenvalue weighted by Gasteiger charge is 2.37. The van der Waals surface area contributed by atoms with Crippen molar-refractivity contribution >= 4 is 21.5 Å². The number of ether oxygens (including phenoxy) is 6. The van der Waals surface area contributed by atoms with Gasteiger partial charge in [-0.3, -0.25) is 0 Å². The van der Waals surface area contributed by atoms with Crippen molar-refractivity contribution < 1.29 is 43.7 Å². The van der Waals surface area contributed by atoms with Crippen molar-refractivity contribution in [2.24, 2.45) is 0 Å². The second kappa shape index (κ2) is 10.2. The van der Waals surface area contributed by atoms with Crippen molar-refractivity contribution in [3.8, 4) is 45.6 Å². The molecule has 0 saturated carbocycles. The fraction of sp³-hybridized carbons (Fsp3) is 0.375. The fourth-order valence-corrected chi connectivity index (χ4v) is 6.32. The SMILES string of the molecule is COc1cc(OC)c2c(O)c3c(c(-c4c5c(c(O)c6c(OC)cc(OC)cc46)CO[C@@H](C)[C@H]5O)c2c1)C[C@@H](C)OC3. The molecule has 0 radical (unpaired) electrons. The average molecular weight is 563 g/mol. The predicted molar refractivity (Wildman–Crippen MR) is 154 cm³/mol. The van der Waals surface area contributed by atoms with E-state index in [9.17, 15) is 15.3 Å². The third-order valence-electron chi connectivity index (χ3n) is 8.39. The zero-order valence-electron chi connectivity index (χ0n) is 24.0. The number of phenols is 2. The quantitative estimate of drug-likeness (QED) is 0.289. The van der Waals surface area contributed by atoms with Gasteiger partial charge in [0.2, 0.25) is 0 Å². The third-order valence-corrected chi connectivity index (χ3v) is 8.39. The lowest BCUT2D eigenvalue weighted by molar-refractivity contribution is -0.0527. The minimum atomic E-state index is -1.05. The van der Waals surface area contributed by atoms with Gasteiger partial charge in [0.1, 0.15) is 40.6 Å². The number of rotatable bonds is 5. The molecule has 0 unspecified atom stereocenters. The van der Waals surface area contributed by atoms with Gasteiger partial charge in [0, 0.05) is 39.6 Å². The van der Waals surface area contributed by atoms with Gasteiger partial charge in [0.15, 0.2) is 0 Å². The summed E-state index contributed by atoms with van der Waals surface area (Å²) < 4.78 is 34.7. The minimum absolute atomic E-state index is 0.0204. The van der Waals surface area contributed by atoms with Crippen LogP contribution in [0.4, 0.5) is 0 Å². The predicted octanol–water partition coefficient (Wildman–Crippen LogP) is 5.52. The van der Waals surface area contributed by atoms with Gasteiger partial charge in [-0.05, 0) is 49.1 Å². The van der Waals surface area contributed by atoms with E-state index in [1.165, 1.54) is 7.11 Å². The molecule has 6 rings (SSSR count). The van der Waals surface area contributed by atoms with Crippen molar-refractivity contribution in [3.05, 3.63) is 46.5 Å². The molecule has 9 nitrogen and oxygen atoms in total. The van der Waals surface area contributed by atoms with Crippen LogP contribution in [0.3, 0.4) is 0 Å². The zero-order chi connectivity index (χ0) is 29.2. The monoisotopic (exact) mass is 562 g/mol. The van der Waals surface area contributed by atoms with Crippen molar-refractivity contribution in [1.82, 2.24) is 0 Å². The molecule has 2 heterocycles. The maximum atomic E-state index is 11.7. The summed E-state index contributed by atoms with van der Waals surface area (Å²) in [4.78, 5) is 0. The largest absolute Gasteiger partial charge is 0.507 e. The van der Waals surface area contributed by atoms with E-state index < -0.39 is 12.2 Å². The van der Waals surface area contributed by atoms with E-state index >= 15 is 0 Å². The Morgan fingerprint density at radius 3 is 1.78 bits per heavy atom. The Morgan fingerprint density at radius 1 is 0.683 bits per heavy atom. The lowest BCUT2D eigenvalue weighted by atomic mass is 9.78. The first kappa shape index (κ1) is 27.3. The van der Waals surface area contributed by atoms with Crippen molar-refractivity contribution in [1.29, 1.82) is 0 Å². The Kier molecular flexibility index (Phi) is 6.76. The average Bonchev–Trinajstić information content (AvgIpc) is 2.98. The number of hydrogen-bond donors (Lipinski definition) is 3. The van der Waals surface area contributed by atoms with Crippen LogP contribution in [0.15, 0.2) is 24.3 Å². The van der Waals surface area contributed by atoms with Gasteiger partial charge >= 0.3 is 0 Å². The van der Waals surface area contributed by atoms with Crippen LogP contribution < -0.4 is 18.9 Å². The molecule has 0 amide bonds. The van der Waals surface area contributed by atoms with E-state index in [-0.39, 0.29) is 30.8 Å². The number of benzene rings is 4. The molecule has 0 bridgehead atoms. The molecule has 3 N–H and O–H groups in total. The topological polar surface area (TPSA) is 116 Å². The molecule has 0 saturated heterocycles. The summed E-state index contributed by atoms with van der Waals surface area (Å²) in [7, 11) is 6.22. The summed E-state index contributed by atoms with van der Waals surface area (Å²) in [6, 6.07) is 7.15. The van der Waals surface area contributed by atoms with E-state index in [1.807, 2.05) is 19.1 Å². The van der Waals surface area contributed by atoms with Crippen LogP contribution in [-0.2, 0) is 29.1 Å². The van der Waals surface area contributed by atoms with Crippen molar-refractivity contribution in [2.75, 3.05) is 28.4 Å². The van der Waals surface area contributed by atoms with E-state index in [2.05, 4.69) is 0 Å². The first-order chi connectivity index (χ1) is 19.7. The Morgan fingerprint density at radius 2 is 1.22 bits per heavy atom. The highest BCUT2D eigenvalue weighted by Crippen LogP contribution is 2.55. The molecular formula is C32H34O9. The third kappa shape index (κ3) is 4.02. The molecule has 9 heteroatoms. The second-order valence-electron chi connectivity index (χ2n) is 10.6. The summed E-state index contributed by atoms with van der Waals surface area (Å²) in [6.07, 6.45) is -1.20. The highest BCUT2D eigenvalue weighted by molar-refractivity contribution is 6.15. The van der Waals surface area contributed by atoms with Crippen LogP contribution in [0.2, 0.25) is 0 Å². The maximum absolute atomic E-state index is 11.7. The molecule has 0 aromatic heterocycles. The van der Waals surface area contributed by atoms with Gasteiger partial charge in [-0.2, -0.15) is 0 Å². The van der Waals surface area contributed by atoms with E-state index in [0.29, 0.717) is 73.2 Å². The molecule has 41 heavy (non-hydrogen) atoms. The van der Waals surface area contributed by atoms with Gasteiger partial charge in [0.25, 0.3) is 0 Å². The molecule has 3 atom stereocenters. The van der Waals surface area contributed by atoms with E-state index in [1.54, 1.807) is 40.4 Å². The van der Waals surface area contributed by atoms with Gasteiger partial charge < -0.3 is 43.7 Å². The van der Waals surface area contributed by atoms with Crippen LogP contribution in [0.25, 0.3) is 32.7 Å². The zero-order valence-corrected chi connectivity index (χ0v) is 24.0. The fourth-order valence-electron chi connectivity index (χ4n) is 6.32. The number of aliphatic hydroxyl groups excluding tert-OH is 1. The number of phenolic OH excluding ortho intramolecular Hbond substituents is 2. The van der Waals surface area contributed by atoms with Gasteiger partial charge in [-0.1, -0.05) is 0 Å². The van der Waals surface area contributed by atoms with Gasteiger partial charge in [0.05, 0.1) is 64.6 Å². The van der Waals surface area contributed by atoms with Crippen LogP contribution in [0.5, 0.6) is 34.5 Å². The Balaban J connectivity index is 1.92. The molecule has 0 fully saturated rings. The minimum Gasteiger partial charge on any atom is -0.507 e. The maximum Gasteiger partial charge on any atom is 0.134 e. The molecular weight excluding hydrogens is 528 g/mol. The lowest BCUT2D eigenvalue weighted by Crippen LogP contribution is -2.27. The number of fused-ring (bicyclic) bond motifs is 4. The first-order valence-electron chi connectivity index (χ1n) is 13.5. The van der Waals surface area contributed by atoms with Crippen molar-refractivity contribution in [2.45, 2.75) is 51.8 Å². The van der Waals surface area contributed by atoms with E-state index in [4.69, 9.17) is 28.4 Å². The molecule has 4 aromatic rings.